The van der Waals surface area contributed by atoms with Crippen LogP contribution in [0.25, 0.3) is 10.1 Å². The number of carbonyl (C=O) groups excluding carboxylic acids is 1. The predicted octanol–water partition coefficient (Wildman–Crippen LogP) is 3.98. The van der Waals surface area contributed by atoms with Crippen molar-refractivity contribution in [2.45, 2.75) is 0 Å². The molecule has 10 heteroatoms. The zero-order valence-electron chi connectivity index (χ0n) is 13.3. The van der Waals surface area contributed by atoms with Crippen LogP contribution in [0.4, 0.5) is 17.1 Å². The molecule has 0 saturated heterocycles. The van der Waals surface area contributed by atoms with E-state index in [1.807, 2.05) is 0 Å². The number of nitrogens with zero attached hydrogens (tertiary/aromatic N) is 2. The maximum Gasteiger partial charge on any atom is 0.273 e. The van der Waals surface area contributed by atoms with Gasteiger partial charge in [-0.1, -0.05) is 0 Å². The van der Waals surface area contributed by atoms with Crippen LogP contribution in [0.15, 0.2) is 42.5 Å². The molecule has 0 unspecified atom stereocenters. The highest BCUT2D eigenvalue weighted by Crippen LogP contribution is 2.32. The maximum atomic E-state index is 12.5. The molecule has 0 spiro atoms. The molecular formula is C16H11N3O6S. The molecule has 1 aromatic heterocycles. The molecule has 2 aromatic carbocycles. The Labute approximate surface area is 150 Å². The number of anilines is 1. The van der Waals surface area contributed by atoms with Crippen LogP contribution in [-0.2, 0) is 0 Å². The van der Waals surface area contributed by atoms with E-state index in [1.54, 1.807) is 12.1 Å². The highest BCUT2D eigenvalue weighted by molar-refractivity contribution is 7.20. The van der Waals surface area contributed by atoms with Crippen LogP contribution in [0.2, 0.25) is 0 Å². The SMILES string of the molecule is COc1cc([N+](=O)[O-])ccc1NC(=O)c1cc2cc([N+](=O)[O-])ccc2s1. The van der Waals surface area contributed by atoms with Gasteiger partial charge in [0.2, 0.25) is 0 Å². The molecule has 1 heterocycles. The Morgan fingerprint density at radius 1 is 1.04 bits per heavy atom. The van der Waals surface area contributed by atoms with E-state index in [1.165, 1.54) is 48.8 Å². The van der Waals surface area contributed by atoms with Gasteiger partial charge in [-0.2, -0.15) is 0 Å². The molecule has 0 bridgehead atoms. The topological polar surface area (TPSA) is 125 Å². The number of hydrogen-bond acceptors (Lipinski definition) is 7. The van der Waals surface area contributed by atoms with E-state index < -0.39 is 15.8 Å². The molecule has 132 valence electrons. The van der Waals surface area contributed by atoms with Gasteiger partial charge in [0, 0.05) is 28.3 Å². The van der Waals surface area contributed by atoms with E-state index >= 15 is 0 Å². The summed E-state index contributed by atoms with van der Waals surface area (Å²) < 4.78 is 5.82. The number of fused-ring (bicyclic) bond motifs is 1. The highest BCUT2D eigenvalue weighted by atomic mass is 32.1. The van der Waals surface area contributed by atoms with Gasteiger partial charge >= 0.3 is 0 Å². The zero-order chi connectivity index (χ0) is 18.8. The predicted molar refractivity (Wildman–Crippen MR) is 96.1 cm³/mol. The van der Waals surface area contributed by atoms with Gasteiger partial charge in [0.1, 0.15) is 5.75 Å². The molecule has 0 saturated carbocycles. The summed E-state index contributed by atoms with van der Waals surface area (Å²) in [6.45, 7) is 0. The molecule has 0 radical (unpaired) electrons. The number of carbonyl (C=O) groups is 1. The fraction of sp³-hybridized carbons (Fsp3) is 0.0625. The number of rotatable bonds is 5. The number of hydrogen-bond donors (Lipinski definition) is 1. The Hall–Kier alpha value is -3.53. The molecule has 0 atom stereocenters. The lowest BCUT2D eigenvalue weighted by Crippen LogP contribution is -2.11. The number of amides is 1. The summed E-state index contributed by atoms with van der Waals surface area (Å²) in [5.41, 5.74) is 0.0693. The molecule has 1 amide bonds. The van der Waals surface area contributed by atoms with Crippen LogP contribution in [0.3, 0.4) is 0 Å². The van der Waals surface area contributed by atoms with E-state index in [-0.39, 0.29) is 22.8 Å². The van der Waals surface area contributed by atoms with Crippen LogP contribution in [-0.4, -0.2) is 22.9 Å². The lowest BCUT2D eigenvalue weighted by atomic mass is 10.2. The second-order valence-corrected chi connectivity index (χ2v) is 6.27. The van der Waals surface area contributed by atoms with Crippen molar-refractivity contribution in [1.82, 2.24) is 0 Å². The largest absolute Gasteiger partial charge is 0.494 e. The summed E-state index contributed by atoms with van der Waals surface area (Å²) in [4.78, 5) is 33.4. The molecule has 3 aromatic rings. The third kappa shape index (κ3) is 3.30. The second-order valence-electron chi connectivity index (χ2n) is 5.19. The first kappa shape index (κ1) is 17.3. The molecule has 1 N–H and O–H groups in total. The third-order valence-corrected chi connectivity index (χ3v) is 4.69. The van der Waals surface area contributed by atoms with Crippen LogP contribution in [0.1, 0.15) is 9.67 Å². The first-order valence-electron chi connectivity index (χ1n) is 7.21. The number of nitrogens with one attached hydrogen (secondary N) is 1. The van der Waals surface area contributed by atoms with E-state index in [4.69, 9.17) is 4.74 Å². The number of ether oxygens (including phenoxy) is 1. The van der Waals surface area contributed by atoms with Gasteiger partial charge in [0.25, 0.3) is 17.3 Å². The Morgan fingerprint density at radius 3 is 2.35 bits per heavy atom. The van der Waals surface area contributed by atoms with E-state index in [2.05, 4.69) is 5.32 Å². The first-order chi connectivity index (χ1) is 12.4. The molecular weight excluding hydrogens is 362 g/mol. The van der Waals surface area contributed by atoms with Crippen LogP contribution >= 0.6 is 11.3 Å². The minimum absolute atomic E-state index is 0.0562. The van der Waals surface area contributed by atoms with Crippen LogP contribution in [0.5, 0.6) is 5.75 Å². The molecule has 0 aliphatic carbocycles. The Bertz CT molecular complexity index is 1050. The Morgan fingerprint density at radius 2 is 1.69 bits per heavy atom. The molecule has 3 rings (SSSR count). The maximum absolute atomic E-state index is 12.5. The summed E-state index contributed by atoms with van der Waals surface area (Å²) in [5.74, 6) is -0.287. The minimum atomic E-state index is -0.562. The summed E-state index contributed by atoms with van der Waals surface area (Å²) in [7, 11) is 1.34. The van der Waals surface area contributed by atoms with Crippen LogP contribution in [0, 0.1) is 20.2 Å². The van der Waals surface area contributed by atoms with E-state index in [9.17, 15) is 25.0 Å². The number of methoxy groups -OCH3 is 1. The fourth-order valence-corrected chi connectivity index (χ4v) is 3.28. The Kier molecular flexibility index (Phi) is 4.50. The van der Waals surface area contributed by atoms with Gasteiger partial charge in [0.05, 0.1) is 33.6 Å². The number of benzene rings is 2. The van der Waals surface area contributed by atoms with Crippen molar-refractivity contribution in [2.75, 3.05) is 12.4 Å². The highest BCUT2D eigenvalue weighted by Gasteiger charge is 2.17. The number of non-ortho nitro benzene ring substituents is 2. The molecule has 0 aliphatic heterocycles. The monoisotopic (exact) mass is 373 g/mol. The quantitative estimate of drug-likeness (QED) is 0.533. The number of thiophene rings is 1. The van der Waals surface area contributed by atoms with Crippen molar-refractivity contribution in [1.29, 1.82) is 0 Å². The second kappa shape index (κ2) is 6.76. The van der Waals surface area contributed by atoms with Crippen molar-refractivity contribution >= 4 is 44.4 Å². The fourth-order valence-electron chi connectivity index (χ4n) is 2.34. The Balaban J connectivity index is 1.89. The van der Waals surface area contributed by atoms with Crippen molar-refractivity contribution in [3.8, 4) is 5.75 Å². The van der Waals surface area contributed by atoms with Gasteiger partial charge in [-0.05, 0) is 18.2 Å². The van der Waals surface area contributed by atoms with Crippen molar-refractivity contribution in [3.63, 3.8) is 0 Å². The van der Waals surface area contributed by atoms with Gasteiger partial charge in [-0.15, -0.1) is 11.3 Å². The summed E-state index contributed by atoms with van der Waals surface area (Å²) in [6.07, 6.45) is 0. The average Bonchev–Trinajstić information content (AvgIpc) is 3.05. The summed E-state index contributed by atoms with van der Waals surface area (Å²) in [5, 5.41) is 24.9. The molecule has 9 nitrogen and oxygen atoms in total. The third-order valence-electron chi connectivity index (χ3n) is 3.58. The van der Waals surface area contributed by atoms with Gasteiger partial charge < -0.3 is 10.1 Å². The minimum Gasteiger partial charge on any atom is -0.494 e. The van der Waals surface area contributed by atoms with Crippen molar-refractivity contribution in [2.24, 2.45) is 0 Å². The van der Waals surface area contributed by atoms with Gasteiger partial charge in [0.15, 0.2) is 0 Å². The zero-order valence-corrected chi connectivity index (χ0v) is 14.1. The molecule has 0 fully saturated rings. The lowest BCUT2D eigenvalue weighted by molar-refractivity contribution is -0.385. The van der Waals surface area contributed by atoms with Gasteiger partial charge in [-0.3, -0.25) is 25.0 Å². The van der Waals surface area contributed by atoms with Crippen molar-refractivity contribution < 1.29 is 19.4 Å². The lowest BCUT2D eigenvalue weighted by Gasteiger charge is -2.09. The number of nitro groups is 2. The van der Waals surface area contributed by atoms with Gasteiger partial charge in [-0.25, -0.2) is 0 Å². The first-order valence-corrected chi connectivity index (χ1v) is 8.02. The number of nitro benzene ring substituents is 2. The molecule has 0 aliphatic rings. The van der Waals surface area contributed by atoms with E-state index in [0.717, 1.165) is 4.70 Å². The average molecular weight is 373 g/mol. The summed E-state index contributed by atoms with van der Waals surface area (Å²) >= 11 is 1.18. The normalized spacial score (nSPS) is 10.5. The summed E-state index contributed by atoms with van der Waals surface area (Å²) in [6, 6.07) is 9.76. The smallest absolute Gasteiger partial charge is 0.273 e. The molecule has 26 heavy (non-hydrogen) atoms. The van der Waals surface area contributed by atoms with E-state index in [0.29, 0.717) is 10.3 Å². The standard InChI is InChI=1S/C16H11N3O6S/c1-25-13-8-11(19(23)24)2-4-12(13)17-16(20)15-7-9-6-10(18(21)22)3-5-14(9)26-15/h2-8H,1H3,(H,17,20). The van der Waals surface area contributed by atoms with Crippen LogP contribution < -0.4 is 10.1 Å². The van der Waals surface area contributed by atoms with Crippen molar-refractivity contribution in [3.05, 3.63) is 67.6 Å².